The molecule has 168 valence electrons. The number of fused-ring (bicyclic) bond motifs is 3. The highest BCUT2D eigenvalue weighted by molar-refractivity contribution is 5.89. The summed E-state index contributed by atoms with van der Waals surface area (Å²) in [5.41, 5.74) is 4.72. The number of carbonyl (C=O) groups is 3. The summed E-state index contributed by atoms with van der Waals surface area (Å²) in [6.07, 6.45) is 6.45. The van der Waals surface area contributed by atoms with Crippen molar-refractivity contribution in [1.29, 1.82) is 0 Å². The standard InChI is InChI=1S/C26H24N2O5/c1-2-7-23(24(29)28-14-12-17(13-15-28)25(30)31)27-26(32)33-16-22-20-10-5-3-8-18(20)19-9-4-6-11-21(19)22/h1,3-6,8-12,22-23H,7,13-16H2,(H,27,32)(H,30,31). The van der Waals surface area contributed by atoms with Crippen LogP contribution in [0.4, 0.5) is 4.79 Å². The van der Waals surface area contributed by atoms with E-state index < -0.39 is 18.1 Å². The Morgan fingerprint density at radius 2 is 1.76 bits per heavy atom. The quantitative estimate of drug-likeness (QED) is 0.668. The Hall–Kier alpha value is -4.05. The predicted octanol–water partition coefficient (Wildman–Crippen LogP) is 3.16. The molecule has 2 aromatic carbocycles. The molecule has 7 nitrogen and oxygen atoms in total. The molecule has 0 spiro atoms. The van der Waals surface area contributed by atoms with Gasteiger partial charge >= 0.3 is 12.1 Å². The zero-order valence-electron chi connectivity index (χ0n) is 18.0. The molecule has 33 heavy (non-hydrogen) atoms. The van der Waals surface area contributed by atoms with Crippen molar-refractivity contribution in [3.63, 3.8) is 0 Å². The highest BCUT2D eigenvalue weighted by Gasteiger charge is 2.31. The van der Waals surface area contributed by atoms with Gasteiger partial charge in [-0.1, -0.05) is 54.6 Å². The van der Waals surface area contributed by atoms with E-state index in [2.05, 4.69) is 23.4 Å². The number of alkyl carbamates (subject to hydrolysis) is 1. The largest absolute Gasteiger partial charge is 0.478 e. The number of nitrogens with one attached hydrogen (secondary N) is 1. The van der Waals surface area contributed by atoms with Crippen molar-refractivity contribution in [2.24, 2.45) is 0 Å². The van der Waals surface area contributed by atoms with Crippen LogP contribution in [0.5, 0.6) is 0 Å². The van der Waals surface area contributed by atoms with Gasteiger partial charge in [0, 0.05) is 31.0 Å². The summed E-state index contributed by atoms with van der Waals surface area (Å²) in [5, 5.41) is 11.7. The van der Waals surface area contributed by atoms with Crippen LogP contribution in [-0.4, -0.2) is 53.7 Å². The second kappa shape index (κ2) is 9.61. The summed E-state index contributed by atoms with van der Waals surface area (Å²) in [6.45, 7) is 0.545. The van der Waals surface area contributed by atoms with E-state index in [9.17, 15) is 14.4 Å². The van der Waals surface area contributed by atoms with Gasteiger partial charge < -0.3 is 20.1 Å². The Kier molecular flexibility index (Phi) is 6.45. The van der Waals surface area contributed by atoms with Gasteiger partial charge in [0.2, 0.25) is 5.91 Å². The third-order valence-electron chi connectivity index (χ3n) is 6.05. The predicted molar refractivity (Wildman–Crippen MR) is 122 cm³/mol. The number of nitrogens with zero attached hydrogens (tertiary/aromatic N) is 1. The Morgan fingerprint density at radius 3 is 2.30 bits per heavy atom. The Balaban J connectivity index is 1.40. The molecule has 2 aromatic rings. The number of carboxylic acid groups (broad SMARTS) is 1. The summed E-state index contributed by atoms with van der Waals surface area (Å²) in [6, 6.07) is 15.1. The van der Waals surface area contributed by atoms with Gasteiger partial charge in [-0.2, -0.15) is 0 Å². The van der Waals surface area contributed by atoms with E-state index >= 15 is 0 Å². The molecule has 7 heteroatoms. The van der Waals surface area contributed by atoms with Crippen molar-refractivity contribution < 1.29 is 24.2 Å². The Labute approximate surface area is 192 Å². The van der Waals surface area contributed by atoms with Gasteiger partial charge in [-0.25, -0.2) is 9.59 Å². The first-order chi connectivity index (χ1) is 16.0. The summed E-state index contributed by atoms with van der Waals surface area (Å²) in [5.74, 6) is 0.979. The van der Waals surface area contributed by atoms with Crippen LogP contribution in [0, 0.1) is 12.3 Å². The summed E-state index contributed by atoms with van der Waals surface area (Å²) >= 11 is 0. The third-order valence-corrected chi connectivity index (χ3v) is 6.05. The van der Waals surface area contributed by atoms with Gasteiger partial charge in [-0.05, 0) is 28.7 Å². The first kappa shape index (κ1) is 22.2. The third kappa shape index (κ3) is 4.60. The number of ether oxygens (including phenoxy) is 1. The lowest BCUT2D eigenvalue weighted by molar-refractivity contribution is -0.135. The first-order valence-corrected chi connectivity index (χ1v) is 10.8. The van der Waals surface area contributed by atoms with Crippen LogP contribution in [0.1, 0.15) is 29.9 Å². The number of carbonyl (C=O) groups excluding carboxylic acids is 2. The molecule has 0 fully saturated rings. The number of carboxylic acids is 1. The molecular weight excluding hydrogens is 420 g/mol. The highest BCUT2D eigenvalue weighted by atomic mass is 16.5. The van der Waals surface area contributed by atoms with Crippen molar-refractivity contribution in [2.75, 3.05) is 19.7 Å². The van der Waals surface area contributed by atoms with Crippen LogP contribution in [-0.2, 0) is 14.3 Å². The molecule has 1 aliphatic carbocycles. The van der Waals surface area contributed by atoms with Crippen molar-refractivity contribution in [3.05, 3.63) is 71.3 Å². The number of benzene rings is 2. The minimum atomic E-state index is -0.987. The van der Waals surface area contributed by atoms with Crippen LogP contribution in [0.15, 0.2) is 60.2 Å². The van der Waals surface area contributed by atoms with Crippen LogP contribution in [0.3, 0.4) is 0 Å². The van der Waals surface area contributed by atoms with Crippen LogP contribution in [0.2, 0.25) is 0 Å². The molecule has 0 saturated carbocycles. The van der Waals surface area contributed by atoms with Crippen LogP contribution < -0.4 is 5.32 Å². The number of hydrogen-bond donors (Lipinski definition) is 2. The zero-order valence-corrected chi connectivity index (χ0v) is 18.0. The molecule has 2 N–H and O–H groups in total. The van der Waals surface area contributed by atoms with E-state index in [0.717, 1.165) is 22.3 Å². The van der Waals surface area contributed by atoms with Crippen LogP contribution in [0.25, 0.3) is 11.1 Å². The highest BCUT2D eigenvalue weighted by Crippen LogP contribution is 2.44. The van der Waals surface area contributed by atoms with Crippen molar-refractivity contribution in [2.45, 2.75) is 24.8 Å². The minimum absolute atomic E-state index is 0.00896. The molecule has 1 atom stereocenters. The lowest BCUT2D eigenvalue weighted by Gasteiger charge is -2.29. The summed E-state index contributed by atoms with van der Waals surface area (Å²) < 4.78 is 5.52. The molecule has 0 aromatic heterocycles. The van der Waals surface area contributed by atoms with E-state index in [1.165, 1.54) is 11.0 Å². The zero-order chi connectivity index (χ0) is 23.4. The summed E-state index contributed by atoms with van der Waals surface area (Å²) in [4.78, 5) is 38.0. The maximum Gasteiger partial charge on any atom is 0.407 e. The Morgan fingerprint density at radius 1 is 1.12 bits per heavy atom. The molecule has 2 amide bonds. The van der Waals surface area contributed by atoms with Gasteiger partial charge in [0.05, 0.1) is 0 Å². The maximum atomic E-state index is 12.9. The Bertz CT molecular complexity index is 1120. The molecule has 1 aliphatic heterocycles. The molecule has 2 aliphatic rings. The number of hydrogen-bond acceptors (Lipinski definition) is 4. The van der Waals surface area contributed by atoms with Gasteiger partial charge in [-0.3, -0.25) is 4.79 Å². The molecule has 0 radical (unpaired) electrons. The van der Waals surface area contributed by atoms with E-state index in [-0.39, 0.29) is 49.9 Å². The normalized spacial score (nSPS) is 15.5. The fourth-order valence-corrected chi connectivity index (χ4v) is 4.38. The van der Waals surface area contributed by atoms with Crippen LogP contribution >= 0.6 is 0 Å². The number of amides is 2. The lowest BCUT2D eigenvalue weighted by Crippen LogP contribution is -2.50. The fraction of sp³-hybridized carbons (Fsp3) is 0.269. The number of rotatable bonds is 6. The molecule has 1 heterocycles. The fourth-order valence-electron chi connectivity index (χ4n) is 4.38. The number of terminal acetylenes is 1. The van der Waals surface area contributed by atoms with Gasteiger partial charge in [0.25, 0.3) is 0 Å². The summed E-state index contributed by atoms with van der Waals surface area (Å²) in [7, 11) is 0. The average Bonchev–Trinajstić information content (AvgIpc) is 3.16. The van der Waals surface area contributed by atoms with Crippen molar-refractivity contribution >= 4 is 18.0 Å². The lowest BCUT2D eigenvalue weighted by atomic mass is 9.98. The monoisotopic (exact) mass is 444 g/mol. The van der Waals surface area contributed by atoms with Gasteiger partial charge in [0.1, 0.15) is 12.6 Å². The molecular formula is C26H24N2O5. The van der Waals surface area contributed by atoms with E-state index in [1.54, 1.807) is 0 Å². The first-order valence-electron chi connectivity index (χ1n) is 10.8. The van der Waals surface area contributed by atoms with Gasteiger partial charge in [-0.15, -0.1) is 12.3 Å². The second-order valence-corrected chi connectivity index (χ2v) is 8.00. The smallest absolute Gasteiger partial charge is 0.407 e. The number of aliphatic carboxylic acids is 1. The molecule has 0 saturated heterocycles. The molecule has 0 bridgehead atoms. The van der Waals surface area contributed by atoms with Gasteiger partial charge in [0.15, 0.2) is 0 Å². The van der Waals surface area contributed by atoms with Crippen molar-refractivity contribution in [3.8, 4) is 23.5 Å². The second-order valence-electron chi connectivity index (χ2n) is 8.00. The SMILES string of the molecule is C#CCC(NC(=O)OCC1c2ccccc2-c2ccccc21)C(=O)N1CC=C(C(=O)O)CC1. The van der Waals surface area contributed by atoms with E-state index in [1.807, 2.05) is 36.4 Å². The van der Waals surface area contributed by atoms with E-state index in [4.69, 9.17) is 16.3 Å². The topological polar surface area (TPSA) is 95.9 Å². The van der Waals surface area contributed by atoms with E-state index in [0.29, 0.717) is 0 Å². The minimum Gasteiger partial charge on any atom is -0.478 e. The maximum absolute atomic E-state index is 12.9. The average molecular weight is 444 g/mol. The molecule has 1 unspecified atom stereocenters. The van der Waals surface area contributed by atoms with Crippen molar-refractivity contribution in [1.82, 2.24) is 10.2 Å². The molecule has 4 rings (SSSR count).